The molecule has 3 rings (SSSR count). The average Bonchev–Trinajstić information content (AvgIpc) is 2.95. The van der Waals surface area contributed by atoms with E-state index in [-0.39, 0.29) is 29.1 Å². The van der Waals surface area contributed by atoms with Crippen molar-refractivity contribution in [3.63, 3.8) is 0 Å². The van der Waals surface area contributed by atoms with Crippen molar-refractivity contribution in [3.8, 4) is 0 Å². The summed E-state index contributed by atoms with van der Waals surface area (Å²) >= 11 is 0. The van der Waals surface area contributed by atoms with Crippen molar-refractivity contribution in [1.29, 1.82) is 0 Å². The summed E-state index contributed by atoms with van der Waals surface area (Å²) in [6, 6.07) is -0.146. The highest BCUT2D eigenvalue weighted by Gasteiger charge is 2.28. The Morgan fingerprint density at radius 1 is 1.28 bits per heavy atom. The monoisotopic (exact) mass is 369 g/mol. The number of morpholine rings is 1. The van der Waals surface area contributed by atoms with E-state index in [1.807, 2.05) is 0 Å². The number of hydrogen-bond acceptors (Lipinski definition) is 8. The molecule has 0 radical (unpaired) electrons. The second-order valence-electron chi connectivity index (χ2n) is 6.24. The zero-order valence-corrected chi connectivity index (χ0v) is 14.8. The summed E-state index contributed by atoms with van der Waals surface area (Å²) in [5.41, 5.74) is 0.242. The highest BCUT2D eigenvalue weighted by Crippen LogP contribution is 2.15. The van der Waals surface area contributed by atoms with Crippen LogP contribution in [0.2, 0.25) is 0 Å². The van der Waals surface area contributed by atoms with Gasteiger partial charge in [0, 0.05) is 32.2 Å². The zero-order valence-electron chi connectivity index (χ0n) is 14.0. The number of aromatic nitrogens is 2. The van der Waals surface area contributed by atoms with Crippen molar-refractivity contribution in [2.45, 2.75) is 12.5 Å². The number of sulfone groups is 1. The van der Waals surface area contributed by atoms with Crippen LogP contribution in [0.4, 0.5) is 5.82 Å². The van der Waals surface area contributed by atoms with E-state index in [9.17, 15) is 13.2 Å². The molecule has 2 N–H and O–H groups in total. The molecule has 0 spiro atoms. The van der Waals surface area contributed by atoms with Crippen LogP contribution in [0.5, 0.6) is 0 Å². The largest absolute Gasteiger partial charge is 0.379 e. The van der Waals surface area contributed by atoms with Gasteiger partial charge in [0.1, 0.15) is 11.5 Å². The maximum Gasteiger partial charge on any atom is 0.271 e. The second kappa shape index (κ2) is 8.07. The Balaban J connectivity index is 1.44. The van der Waals surface area contributed by atoms with Crippen LogP contribution in [-0.2, 0) is 14.6 Å². The lowest BCUT2D eigenvalue weighted by Gasteiger charge is -2.26. The summed E-state index contributed by atoms with van der Waals surface area (Å²) in [4.78, 5) is 22.6. The average molecular weight is 369 g/mol. The Bertz CT molecular complexity index is 688. The summed E-state index contributed by atoms with van der Waals surface area (Å²) in [6.45, 7) is 4.55. The standard InChI is InChI=1S/C15H23N5O4S/c21-15(16-2-3-20-4-6-24-7-5-20)13-9-18-14(10-17-13)19-12-1-8-25(22,23)11-12/h9-10,12H,1-8,11H2,(H,16,21)(H,18,19). The van der Waals surface area contributed by atoms with Gasteiger partial charge in [-0.2, -0.15) is 0 Å². The van der Waals surface area contributed by atoms with Gasteiger partial charge in [0.05, 0.1) is 37.1 Å². The number of anilines is 1. The highest BCUT2D eigenvalue weighted by atomic mass is 32.2. The lowest BCUT2D eigenvalue weighted by molar-refractivity contribution is 0.0383. The number of carbonyl (C=O) groups is 1. The van der Waals surface area contributed by atoms with Gasteiger partial charge in [-0.1, -0.05) is 0 Å². The van der Waals surface area contributed by atoms with E-state index in [1.165, 1.54) is 12.4 Å². The predicted octanol–water partition coefficient (Wildman–Crippen LogP) is -0.862. The SMILES string of the molecule is O=C(NCCN1CCOCC1)c1cnc(NC2CCS(=O)(=O)C2)cn1. The van der Waals surface area contributed by atoms with Crippen LogP contribution in [0, 0.1) is 0 Å². The molecule has 0 aromatic carbocycles. The molecule has 1 aromatic heterocycles. The molecule has 25 heavy (non-hydrogen) atoms. The molecule has 1 atom stereocenters. The number of nitrogens with zero attached hydrogens (tertiary/aromatic N) is 3. The second-order valence-corrected chi connectivity index (χ2v) is 8.47. The summed E-state index contributed by atoms with van der Waals surface area (Å²) in [5.74, 6) is 0.517. The first-order valence-electron chi connectivity index (χ1n) is 8.39. The van der Waals surface area contributed by atoms with E-state index in [0.717, 1.165) is 32.8 Å². The zero-order chi connectivity index (χ0) is 17.7. The Morgan fingerprint density at radius 2 is 2.08 bits per heavy atom. The quantitative estimate of drug-likeness (QED) is 0.666. The smallest absolute Gasteiger partial charge is 0.271 e. The maximum absolute atomic E-state index is 12.1. The van der Waals surface area contributed by atoms with Crippen molar-refractivity contribution in [3.05, 3.63) is 18.1 Å². The van der Waals surface area contributed by atoms with E-state index >= 15 is 0 Å². The van der Waals surface area contributed by atoms with E-state index in [1.54, 1.807) is 0 Å². The molecule has 1 unspecified atom stereocenters. The van der Waals surface area contributed by atoms with Crippen molar-refractivity contribution < 1.29 is 17.9 Å². The Labute approximate surface area is 147 Å². The molecule has 1 amide bonds. The molecule has 0 aliphatic carbocycles. The number of nitrogens with one attached hydrogen (secondary N) is 2. The number of hydrogen-bond donors (Lipinski definition) is 2. The lowest BCUT2D eigenvalue weighted by Crippen LogP contribution is -2.41. The van der Waals surface area contributed by atoms with Crippen molar-refractivity contribution in [1.82, 2.24) is 20.2 Å². The van der Waals surface area contributed by atoms with Gasteiger partial charge in [-0.25, -0.2) is 18.4 Å². The van der Waals surface area contributed by atoms with Gasteiger partial charge in [-0.15, -0.1) is 0 Å². The number of amides is 1. The fourth-order valence-corrected chi connectivity index (χ4v) is 4.55. The van der Waals surface area contributed by atoms with Crippen LogP contribution in [-0.4, -0.2) is 86.1 Å². The minimum atomic E-state index is -2.94. The van der Waals surface area contributed by atoms with Crippen LogP contribution >= 0.6 is 0 Å². The van der Waals surface area contributed by atoms with Gasteiger partial charge < -0.3 is 15.4 Å². The first-order chi connectivity index (χ1) is 12.0. The molecule has 2 aliphatic rings. The van der Waals surface area contributed by atoms with Gasteiger partial charge in [-0.05, 0) is 6.42 Å². The topological polar surface area (TPSA) is 114 Å². The van der Waals surface area contributed by atoms with Crippen molar-refractivity contribution in [2.75, 3.05) is 56.2 Å². The molecule has 2 aliphatic heterocycles. The molecule has 10 heteroatoms. The lowest BCUT2D eigenvalue weighted by atomic mass is 10.3. The van der Waals surface area contributed by atoms with Crippen LogP contribution in [0.1, 0.15) is 16.9 Å². The molecular formula is C15H23N5O4S. The predicted molar refractivity (Wildman–Crippen MR) is 92.3 cm³/mol. The van der Waals surface area contributed by atoms with Crippen LogP contribution in [0.25, 0.3) is 0 Å². The highest BCUT2D eigenvalue weighted by molar-refractivity contribution is 7.91. The van der Waals surface area contributed by atoms with Crippen molar-refractivity contribution in [2.24, 2.45) is 0 Å². The van der Waals surface area contributed by atoms with Gasteiger partial charge >= 0.3 is 0 Å². The Hall–Kier alpha value is -1.78. The van der Waals surface area contributed by atoms with Gasteiger partial charge in [0.25, 0.3) is 5.91 Å². The van der Waals surface area contributed by atoms with Crippen LogP contribution < -0.4 is 10.6 Å². The summed E-state index contributed by atoms with van der Waals surface area (Å²) < 4.78 is 28.2. The summed E-state index contributed by atoms with van der Waals surface area (Å²) in [5, 5.41) is 5.87. The van der Waals surface area contributed by atoms with Crippen LogP contribution in [0.3, 0.4) is 0 Å². The Morgan fingerprint density at radius 3 is 2.72 bits per heavy atom. The van der Waals surface area contributed by atoms with E-state index in [0.29, 0.717) is 18.8 Å². The summed E-state index contributed by atoms with van der Waals surface area (Å²) in [6.07, 6.45) is 3.42. The van der Waals surface area contributed by atoms with Crippen LogP contribution in [0.15, 0.2) is 12.4 Å². The Kier molecular flexibility index (Phi) is 5.82. The maximum atomic E-state index is 12.1. The van der Waals surface area contributed by atoms with Crippen molar-refractivity contribution >= 4 is 21.6 Å². The molecule has 138 valence electrons. The molecule has 3 heterocycles. The normalized spacial score (nSPS) is 23.3. The third-order valence-electron chi connectivity index (χ3n) is 4.29. The van der Waals surface area contributed by atoms with Gasteiger partial charge in [-0.3, -0.25) is 9.69 Å². The molecule has 2 saturated heterocycles. The first kappa shape index (κ1) is 18.0. The molecule has 2 fully saturated rings. The number of carbonyl (C=O) groups excluding carboxylic acids is 1. The molecule has 0 saturated carbocycles. The fraction of sp³-hybridized carbons (Fsp3) is 0.667. The molecule has 0 bridgehead atoms. The minimum absolute atomic E-state index is 0.110. The summed E-state index contributed by atoms with van der Waals surface area (Å²) in [7, 11) is -2.94. The van der Waals surface area contributed by atoms with Gasteiger partial charge in [0.2, 0.25) is 0 Å². The molecular weight excluding hydrogens is 346 g/mol. The molecule has 1 aromatic rings. The van der Waals surface area contributed by atoms with Gasteiger partial charge in [0.15, 0.2) is 9.84 Å². The number of ether oxygens (including phenoxy) is 1. The number of rotatable bonds is 6. The third kappa shape index (κ3) is 5.35. The van der Waals surface area contributed by atoms with E-state index in [4.69, 9.17) is 4.74 Å². The minimum Gasteiger partial charge on any atom is -0.379 e. The molecule has 9 nitrogen and oxygen atoms in total. The first-order valence-corrected chi connectivity index (χ1v) is 10.2. The van der Waals surface area contributed by atoms with E-state index < -0.39 is 9.84 Å². The fourth-order valence-electron chi connectivity index (χ4n) is 2.88. The third-order valence-corrected chi connectivity index (χ3v) is 6.05. The van der Waals surface area contributed by atoms with E-state index in [2.05, 4.69) is 25.5 Å².